The lowest BCUT2D eigenvalue weighted by molar-refractivity contribution is -0.149. The SMILES string of the molecule is COC(=O)C(O)CNS(=O)(=O)/C=C/c1ccc(Cl)cc1. The topological polar surface area (TPSA) is 92.7 Å². The molecule has 110 valence electrons. The van der Waals surface area contributed by atoms with Crippen molar-refractivity contribution >= 4 is 33.7 Å². The van der Waals surface area contributed by atoms with Gasteiger partial charge < -0.3 is 9.84 Å². The van der Waals surface area contributed by atoms with Crippen molar-refractivity contribution in [3.8, 4) is 0 Å². The first-order chi connectivity index (χ1) is 9.34. The molecule has 0 bridgehead atoms. The number of rotatable bonds is 6. The zero-order valence-corrected chi connectivity index (χ0v) is 12.2. The van der Waals surface area contributed by atoms with E-state index < -0.39 is 28.6 Å². The van der Waals surface area contributed by atoms with Crippen molar-refractivity contribution in [3.63, 3.8) is 0 Å². The second-order valence-corrected chi connectivity index (χ2v) is 5.87. The van der Waals surface area contributed by atoms with Crippen molar-refractivity contribution in [1.29, 1.82) is 0 Å². The Hall–Kier alpha value is -1.41. The highest BCUT2D eigenvalue weighted by atomic mass is 35.5. The molecule has 0 aliphatic rings. The minimum atomic E-state index is -3.76. The van der Waals surface area contributed by atoms with Crippen molar-refractivity contribution in [2.45, 2.75) is 6.10 Å². The van der Waals surface area contributed by atoms with E-state index in [-0.39, 0.29) is 0 Å². The summed E-state index contributed by atoms with van der Waals surface area (Å²) in [5.41, 5.74) is 0.647. The van der Waals surface area contributed by atoms with Crippen LogP contribution in [0.3, 0.4) is 0 Å². The number of halogens is 1. The molecule has 20 heavy (non-hydrogen) atoms. The summed E-state index contributed by atoms with van der Waals surface area (Å²) in [5.74, 6) is -0.908. The molecule has 0 amide bonds. The van der Waals surface area contributed by atoms with Crippen molar-refractivity contribution in [2.24, 2.45) is 0 Å². The van der Waals surface area contributed by atoms with Crippen molar-refractivity contribution in [3.05, 3.63) is 40.3 Å². The number of carbonyl (C=O) groups is 1. The number of hydrogen-bond donors (Lipinski definition) is 2. The zero-order valence-electron chi connectivity index (χ0n) is 10.6. The van der Waals surface area contributed by atoms with Crippen LogP contribution in [0.4, 0.5) is 0 Å². The Morgan fingerprint density at radius 2 is 2.05 bits per heavy atom. The number of nitrogens with one attached hydrogen (secondary N) is 1. The molecule has 2 N–H and O–H groups in total. The Morgan fingerprint density at radius 1 is 1.45 bits per heavy atom. The van der Waals surface area contributed by atoms with E-state index in [0.717, 1.165) is 12.5 Å². The Kier molecular flexibility index (Phi) is 6.15. The number of carbonyl (C=O) groups excluding carboxylic acids is 1. The second kappa shape index (κ2) is 7.39. The molecule has 0 spiro atoms. The fourth-order valence-electron chi connectivity index (χ4n) is 1.20. The lowest BCUT2D eigenvalue weighted by Gasteiger charge is -2.08. The van der Waals surface area contributed by atoms with Crippen LogP contribution in [-0.4, -0.2) is 39.3 Å². The normalized spacial score (nSPS) is 13.3. The van der Waals surface area contributed by atoms with E-state index in [4.69, 9.17) is 11.6 Å². The number of aliphatic hydroxyl groups excluding tert-OH is 1. The minimum absolute atomic E-state index is 0.458. The number of benzene rings is 1. The van der Waals surface area contributed by atoms with Gasteiger partial charge in [-0.05, 0) is 23.8 Å². The van der Waals surface area contributed by atoms with Gasteiger partial charge in [-0.3, -0.25) is 0 Å². The summed E-state index contributed by atoms with van der Waals surface area (Å²) in [6, 6.07) is 6.56. The number of ether oxygens (including phenoxy) is 1. The molecule has 8 heteroatoms. The molecule has 1 aromatic carbocycles. The Bertz CT molecular complexity index is 582. The van der Waals surface area contributed by atoms with Gasteiger partial charge in [-0.15, -0.1) is 0 Å². The molecule has 1 aromatic rings. The Labute approximate surface area is 122 Å². The van der Waals surface area contributed by atoms with E-state index in [9.17, 15) is 18.3 Å². The van der Waals surface area contributed by atoms with E-state index in [2.05, 4.69) is 9.46 Å². The van der Waals surface area contributed by atoms with Gasteiger partial charge in [0.1, 0.15) is 0 Å². The summed E-state index contributed by atoms with van der Waals surface area (Å²) >= 11 is 5.70. The van der Waals surface area contributed by atoms with Gasteiger partial charge in [-0.2, -0.15) is 0 Å². The standard InChI is InChI=1S/C12H14ClNO5S/c1-19-12(16)11(15)8-14-20(17,18)7-6-9-2-4-10(13)5-3-9/h2-7,11,14-15H,8H2,1H3/b7-6+. The van der Waals surface area contributed by atoms with E-state index in [0.29, 0.717) is 10.6 Å². The third-order valence-corrected chi connectivity index (χ3v) is 3.58. The molecule has 1 rings (SSSR count). The van der Waals surface area contributed by atoms with Crippen LogP contribution >= 0.6 is 11.6 Å². The highest BCUT2D eigenvalue weighted by Gasteiger charge is 2.17. The molecule has 0 fully saturated rings. The fraction of sp³-hybridized carbons (Fsp3) is 0.250. The third-order valence-electron chi connectivity index (χ3n) is 2.26. The molecular weight excluding hydrogens is 306 g/mol. The molecule has 0 saturated carbocycles. The first-order valence-corrected chi connectivity index (χ1v) is 7.45. The molecule has 0 heterocycles. The summed E-state index contributed by atoms with van der Waals surface area (Å²) in [6.45, 7) is -0.458. The molecule has 6 nitrogen and oxygen atoms in total. The third kappa shape index (κ3) is 5.70. The van der Waals surface area contributed by atoms with E-state index in [1.165, 1.54) is 6.08 Å². The van der Waals surface area contributed by atoms with Gasteiger partial charge in [0.25, 0.3) is 0 Å². The largest absolute Gasteiger partial charge is 0.467 e. The number of hydrogen-bond acceptors (Lipinski definition) is 5. The van der Waals surface area contributed by atoms with E-state index in [1.54, 1.807) is 24.3 Å². The molecule has 0 radical (unpaired) electrons. The average molecular weight is 320 g/mol. The van der Waals surface area contributed by atoms with Crippen LogP contribution in [0.5, 0.6) is 0 Å². The van der Waals surface area contributed by atoms with Crippen LogP contribution in [0.2, 0.25) is 5.02 Å². The maximum absolute atomic E-state index is 11.6. The zero-order chi connectivity index (χ0) is 15.2. The van der Waals surface area contributed by atoms with Crippen LogP contribution in [0.1, 0.15) is 5.56 Å². The highest BCUT2D eigenvalue weighted by Crippen LogP contribution is 2.11. The van der Waals surface area contributed by atoms with E-state index >= 15 is 0 Å². The maximum Gasteiger partial charge on any atom is 0.336 e. The second-order valence-electron chi connectivity index (χ2n) is 3.79. The Balaban J connectivity index is 2.61. The minimum Gasteiger partial charge on any atom is -0.467 e. The molecule has 0 saturated heterocycles. The average Bonchev–Trinajstić information content (AvgIpc) is 2.43. The van der Waals surface area contributed by atoms with Crippen LogP contribution in [0, 0.1) is 0 Å². The summed E-state index contributed by atoms with van der Waals surface area (Å²) in [4.78, 5) is 10.9. The van der Waals surface area contributed by atoms with Gasteiger partial charge in [0.05, 0.1) is 7.11 Å². The number of sulfonamides is 1. The predicted octanol–water partition coefficient (Wildman–Crippen LogP) is 0.764. The van der Waals surface area contributed by atoms with Gasteiger partial charge in [0.15, 0.2) is 6.10 Å². The number of aliphatic hydroxyl groups is 1. The van der Waals surface area contributed by atoms with Crippen LogP contribution < -0.4 is 4.72 Å². The van der Waals surface area contributed by atoms with Crippen molar-refractivity contribution in [1.82, 2.24) is 4.72 Å². The van der Waals surface area contributed by atoms with Gasteiger partial charge in [-0.1, -0.05) is 23.7 Å². The van der Waals surface area contributed by atoms with Gasteiger partial charge >= 0.3 is 5.97 Å². The Morgan fingerprint density at radius 3 is 2.60 bits per heavy atom. The molecule has 1 atom stereocenters. The number of esters is 1. The molecular formula is C12H14ClNO5S. The molecule has 1 unspecified atom stereocenters. The van der Waals surface area contributed by atoms with Crippen LogP contribution in [0.25, 0.3) is 6.08 Å². The smallest absolute Gasteiger partial charge is 0.336 e. The lowest BCUT2D eigenvalue weighted by Crippen LogP contribution is -2.36. The van der Waals surface area contributed by atoms with Gasteiger partial charge in [-0.25, -0.2) is 17.9 Å². The molecule has 0 aromatic heterocycles. The van der Waals surface area contributed by atoms with Crippen molar-refractivity contribution in [2.75, 3.05) is 13.7 Å². The first kappa shape index (κ1) is 16.6. The summed E-state index contributed by atoms with van der Waals surface area (Å²) in [5, 5.41) is 10.7. The lowest BCUT2D eigenvalue weighted by atomic mass is 10.2. The van der Waals surface area contributed by atoms with Crippen LogP contribution in [0.15, 0.2) is 29.7 Å². The first-order valence-electron chi connectivity index (χ1n) is 5.53. The summed E-state index contributed by atoms with van der Waals surface area (Å²) in [7, 11) is -2.66. The monoisotopic (exact) mass is 319 g/mol. The summed E-state index contributed by atoms with van der Waals surface area (Å²) in [6.07, 6.45) is -0.179. The number of methoxy groups -OCH3 is 1. The quantitative estimate of drug-likeness (QED) is 0.755. The van der Waals surface area contributed by atoms with E-state index in [1.807, 2.05) is 0 Å². The van der Waals surface area contributed by atoms with Crippen LogP contribution in [-0.2, 0) is 19.6 Å². The highest BCUT2D eigenvalue weighted by molar-refractivity contribution is 7.92. The van der Waals surface area contributed by atoms with Gasteiger partial charge in [0, 0.05) is 17.0 Å². The fourth-order valence-corrected chi connectivity index (χ4v) is 2.15. The predicted molar refractivity (Wildman–Crippen MR) is 75.4 cm³/mol. The van der Waals surface area contributed by atoms with Gasteiger partial charge in [0.2, 0.25) is 10.0 Å². The van der Waals surface area contributed by atoms with Crippen molar-refractivity contribution < 1.29 is 23.1 Å². The molecule has 0 aliphatic carbocycles. The molecule has 0 aliphatic heterocycles. The summed E-state index contributed by atoms with van der Waals surface area (Å²) < 4.78 is 29.5. The maximum atomic E-state index is 11.6.